The largest absolute Gasteiger partial charge is 0.492 e. The van der Waals surface area contributed by atoms with Crippen molar-refractivity contribution in [2.24, 2.45) is 0 Å². The molecule has 6 heteroatoms. The lowest BCUT2D eigenvalue weighted by Crippen LogP contribution is -2.60. The van der Waals surface area contributed by atoms with Gasteiger partial charge in [0.15, 0.2) is 0 Å². The maximum absolute atomic E-state index is 12.6. The van der Waals surface area contributed by atoms with Crippen LogP contribution in [0.1, 0.15) is 32.1 Å². The maximum Gasteiger partial charge on any atom is 0.317 e. The van der Waals surface area contributed by atoms with E-state index >= 15 is 0 Å². The van der Waals surface area contributed by atoms with Crippen LogP contribution in [0.5, 0.6) is 5.75 Å². The molecule has 1 heterocycles. The van der Waals surface area contributed by atoms with Crippen molar-refractivity contribution in [3.63, 3.8) is 0 Å². The number of benzene rings is 1. The molecule has 0 spiro atoms. The summed E-state index contributed by atoms with van der Waals surface area (Å²) in [7, 11) is 1.83. The van der Waals surface area contributed by atoms with Crippen LogP contribution < -0.4 is 10.1 Å². The van der Waals surface area contributed by atoms with Crippen LogP contribution in [0, 0.1) is 0 Å². The zero-order valence-corrected chi connectivity index (χ0v) is 16.5. The van der Waals surface area contributed by atoms with E-state index in [-0.39, 0.29) is 11.6 Å². The molecule has 0 atom stereocenters. The summed E-state index contributed by atoms with van der Waals surface area (Å²) < 4.78 is 11.2. The Hall–Kier alpha value is -1.79. The Bertz CT molecular complexity index is 569. The van der Waals surface area contributed by atoms with Gasteiger partial charge in [0.2, 0.25) is 0 Å². The van der Waals surface area contributed by atoms with E-state index in [1.807, 2.05) is 37.4 Å². The first-order valence-electron chi connectivity index (χ1n) is 10.2. The molecule has 2 aliphatic rings. The van der Waals surface area contributed by atoms with Crippen molar-refractivity contribution in [2.75, 3.05) is 53.0 Å². The van der Waals surface area contributed by atoms with Gasteiger partial charge in [0.25, 0.3) is 0 Å². The quantitative estimate of drug-likeness (QED) is 0.796. The minimum absolute atomic E-state index is 0.0233. The van der Waals surface area contributed by atoms with Crippen LogP contribution in [0.15, 0.2) is 30.3 Å². The lowest BCUT2D eigenvalue weighted by atomic mass is 9.80. The summed E-state index contributed by atoms with van der Waals surface area (Å²) >= 11 is 0. The van der Waals surface area contributed by atoms with Crippen LogP contribution in [0.25, 0.3) is 0 Å². The third kappa shape index (κ3) is 5.59. The number of ether oxygens (including phenoxy) is 2. The summed E-state index contributed by atoms with van der Waals surface area (Å²) in [6, 6.07) is 9.68. The van der Waals surface area contributed by atoms with Gasteiger partial charge in [-0.05, 0) is 25.0 Å². The van der Waals surface area contributed by atoms with Crippen LogP contribution in [-0.4, -0.2) is 74.4 Å². The van der Waals surface area contributed by atoms with E-state index in [4.69, 9.17) is 9.47 Å². The average Bonchev–Trinajstić information content (AvgIpc) is 2.74. The fourth-order valence-corrected chi connectivity index (χ4v) is 4.15. The molecule has 0 aromatic heterocycles. The normalized spacial score (nSPS) is 20.0. The lowest BCUT2D eigenvalue weighted by molar-refractivity contribution is -0.0360. The van der Waals surface area contributed by atoms with Crippen molar-refractivity contribution in [2.45, 2.75) is 37.6 Å². The topological polar surface area (TPSA) is 54.0 Å². The molecule has 6 nitrogen and oxygen atoms in total. The molecular weight excluding hydrogens is 342 g/mol. The van der Waals surface area contributed by atoms with E-state index in [1.165, 1.54) is 19.3 Å². The van der Waals surface area contributed by atoms with E-state index in [2.05, 4.69) is 10.2 Å². The number of nitrogens with one attached hydrogen (secondary N) is 1. The molecule has 1 aliphatic heterocycles. The number of morpholine rings is 1. The van der Waals surface area contributed by atoms with Gasteiger partial charge in [0.1, 0.15) is 12.4 Å². The number of para-hydroxylation sites is 1. The van der Waals surface area contributed by atoms with Crippen molar-refractivity contribution < 1.29 is 14.3 Å². The highest BCUT2D eigenvalue weighted by atomic mass is 16.5. The van der Waals surface area contributed by atoms with Crippen LogP contribution >= 0.6 is 0 Å². The Balaban J connectivity index is 1.46. The number of hydrogen-bond acceptors (Lipinski definition) is 4. The highest BCUT2D eigenvalue weighted by molar-refractivity contribution is 5.73. The molecule has 0 bridgehead atoms. The van der Waals surface area contributed by atoms with E-state index in [0.717, 1.165) is 51.4 Å². The molecule has 1 aromatic carbocycles. The summed E-state index contributed by atoms with van der Waals surface area (Å²) in [6.45, 7) is 5.30. The second-order valence-electron chi connectivity index (χ2n) is 7.63. The second kappa shape index (κ2) is 9.95. The van der Waals surface area contributed by atoms with Gasteiger partial charge in [-0.2, -0.15) is 0 Å². The van der Waals surface area contributed by atoms with Gasteiger partial charge < -0.3 is 19.7 Å². The van der Waals surface area contributed by atoms with Crippen LogP contribution in [-0.2, 0) is 4.74 Å². The van der Waals surface area contributed by atoms with Crippen molar-refractivity contribution in [3.8, 4) is 5.75 Å². The standard InChI is InChI=1S/C21H33N3O3/c1-23(12-17-27-19-8-4-2-5-9-19)20(25)22-18-21(10-6-3-7-11-21)24-13-15-26-16-14-24/h2,4-5,8-9H,3,6-7,10-18H2,1H3,(H,22,25). The van der Waals surface area contributed by atoms with Crippen LogP contribution in [0.3, 0.4) is 0 Å². The predicted molar refractivity (Wildman–Crippen MR) is 106 cm³/mol. The first-order valence-corrected chi connectivity index (χ1v) is 10.2. The number of nitrogens with zero attached hydrogens (tertiary/aromatic N) is 2. The zero-order chi connectivity index (χ0) is 19.0. The Labute approximate surface area is 162 Å². The van der Waals surface area contributed by atoms with Crippen LogP contribution in [0.2, 0.25) is 0 Å². The van der Waals surface area contributed by atoms with Gasteiger partial charge in [-0.15, -0.1) is 0 Å². The highest BCUT2D eigenvalue weighted by Crippen LogP contribution is 2.33. The van der Waals surface area contributed by atoms with Crippen molar-refractivity contribution >= 4 is 6.03 Å². The first-order chi connectivity index (χ1) is 13.2. The van der Waals surface area contributed by atoms with Gasteiger partial charge in [-0.1, -0.05) is 37.5 Å². The smallest absolute Gasteiger partial charge is 0.317 e. The Morgan fingerprint density at radius 3 is 2.59 bits per heavy atom. The first kappa shape index (κ1) is 20.0. The third-order valence-electron chi connectivity index (χ3n) is 5.82. The fourth-order valence-electron chi connectivity index (χ4n) is 4.15. The van der Waals surface area contributed by atoms with Crippen molar-refractivity contribution in [1.29, 1.82) is 0 Å². The monoisotopic (exact) mass is 375 g/mol. The van der Waals surface area contributed by atoms with Crippen molar-refractivity contribution in [3.05, 3.63) is 30.3 Å². The van der Waals surface area contributed by atoms with Gasteiger partial charge >= 0.3 is 6.03 Å². The molecule has 1 N–H and O–H groups in total. The molecule has 2 amide bonds. The number of hydrogen-bond donors (Lipinski definition) is 1. The summed E-state index contributed by atoms with van der Waals surface area (Å²) in [4.78, 5) is 16.8. The molecule has 150 valence electrons. The predicted octanol–water partition coefficient (Wildman–Crippen LogP) is 2.74. The van der Waals surface area contributed by atoms with Gasteiger partial charge in [-0.3, -0.25) is 4.90 Å². The molecule has 1 saturated carbocycles. The molecule has 1 aromatic rings. The van der Waals surface area contributed by atoms with E-state index in [0.29, 0.717) is 13.2 Å². The Kier molecular flexibility index (Phi) is 7.35. The molecular formula is C21H33N3O3. The molecule has 0 radical (unpaired) electrons. The number of rotatable bonds is 7. The summed E-state index contributed by atoms with van der Waals surface area (Å²) in [6.07, 6.45) is 6.11. The van der Waals surface area contributed by atoms with E-state index < -0.39 is 0 Å². The molecule has 2 fully saturated rings. The van der Waals surface area contributed by atoms with E-state index in [1.54, 1.807) is 4.90 Å². The SMILES string of the molecule is CN(CCOc1ccccc1)C(=O)NCC1(N2CCOCC2)CCCCC1. The molecule has 1 saturated heterocycles. The highest BCUT2D eigenvalue weighted by Gasteiger charge is 2.38. The Morgan fingerprint density at radius 2 is 1.89 bits per heavy atom. The number of carbonyl (C=O) groups excluding carboxylic acids is 1. The lowest BCUT2D eigenvalue weighted by Gasteiger charge is -2.48. The van der Waals surface area contributed by atoms with Gasteiger partial charge in [0.05, 0.1) is 19.8 Å². The summed E-state index contributed by atoms with van der Waals surface area (Å²) in [5.74, 6) is 0.833. The number of urea groups is 1. The molecule has 27 heavy (non-hydrogen) atoms. The van der Waals surface area contributed by atoms with Gasteiger partial charge in [0, 0.05) is 32.2 Å². The fraction of sp³-hybridized carbons (Fsp3) is 0.667. The minimum Gasteiger partial charge on any atom is -0.492 e. The summed E-state index contributed by atoms with van der Waals surface area (Å²) in [5.41, 5.74) is 0.0963. The number of likely N-dealkylation sites (N-methyl/N-ethyl adjacent to an activating group) is 1. The summed E-state index contributed by atoms with van der Waals surface area (Å²) in [5, 5.41) is 3.19. The number of amides is 2. The van der Waals surface area contributed by atoms with Crippen LogP contribution in [0.4, 0.5) is 4.79 Å². The van der Waals surface area contributed by atoms with Gasteiger partial charge in [-0.25, -0.2) is 4.79 Å². The molecule has 0 unspecified atom stereocenters. The van der Waals surface area contributed by atoms with Crippen molar-refractivity contribution in [1.82, 2.24) is 15.1 Å². The Morgan fingerprint density at radius 1 is 1.19 bits per heavy atom. The number of carbonyl (C=O) groups is 1. The zero-order valence-electron chi connectivity index (χ0n) is 16.5. The molecule has 1 aliphatic carbocycles. The second-order valence-corrected chi connectivity index (χ2v) is 7.63. The van der Waals surface area contributed by atoms with E-state index in [9.17, 15) is 4.79 Å². The molecule has 3 rings (SSSR count). The third-order valence-corrected chi connectivity index (χ3v) is 5.82. The average molecular weight is 376 g/mol. The minimum atomic E-state index is -0.0233. The maximum atomic E-state index is 12.6.